The van der Waals surface area contributed by atoms with Gasteiger partial charge in [0.15, 0.2) is 0 Å². The Morgan fingerprint density at radius 2 is 1.64 bits per heavy atom. The van der Waals surface area contributed by atoms with Crippen molar-refractivity contribution >= 4 is 23.1 Å². The molecule has 4 heteroatoms. The van der Waals surface area contributed by atoms with E-state index < -0.39 is 4.92 Å². The molecular formula is C18H22N2O2. The second-order valence-electron chi connectivity index (χ2n) is 4.58. The number of hydrogen-bond donors (Lipinski definition) is 0. The molecule has 0 bridgehead atoms. The van der Waals surface area contributed by atoms with Crippen molar-refractivity contribution in [2.75, 3.05) is 11.9 Å². The SMILES string of the molecule is C=Cc1cc(N(C)c2ccc([N+](=O)[O-])cc2)ccc1C.CC. The fourth-order valence-electron chi connectivity index (χ4n) is 2.00. The molecule has 0 unspecified atom stereocenters. The minimum Gasteiger partial charge on any atom is -0.345 e. The van der Waals surface area contributed by atoms with Crippen LogP contribution in [0, 0.1) is 17.0 Å². The fraction of sp³-hybridized carbons (Fsp3) is 0.222. The van der Waals surface area contributed by atoms with Crippen LogP contribution in [0.1, 0.15) is 25.0 Å². The summed E-state index contributed by atoms with van der Waals surface area (Å²) in [6, 6.07) is 12.6. The molecule has 0 spiro atoms. The molecular weight excluding hydrogens is 276 g/mol. The first-order chi connectivity index (χ1) is 10.5. The summed E-state index contributed by atoms with van der Waals surface area (Å²) < 4.78 is 0. The van der Waals surface area contributed by atoms with Crippen molar-refractivity contribution in [3.63, 3.8) is 0 Å². The van der Waals surface area contributed by atoms with Gasteiger partial charge in [-0.15, -0.1) is 0 Å². The quantitative estimate of drug-likeness (QED) is 0.565. The second-order valence-corrected chi connectivity index (χ2v) is 4.58. The number of benzene rings is 2. The van der Waals surface area contributed by atoms with Gasteiger partial charge in [0.2, 0.25) is 0 Å². The molecule has 2 aromatic rings. The largest absolute Gasteiger partial charge is 0.345 e. The molecule has 0 aliphatic rings. The summed E-state index contributed by atoms with van der Waals surface area (Å²) in [7, 11) is 1.93. The van der Waals surface area contributed by atoms with Gasteiger partial charge in [-0.3, -0.25) is 10.1 Å². The Bertz CT molecular complexity index is 649. The number of nitrogens with zero attached hydrogens (tertiary/aromatic N) is 2. The predicted octanol–water partition coefficient (Wildman–Crippen LogP) is 5.34. The van der Waals surface area contributed by atoms with Gasteiger partial charge in [-0.05, 0) is 42.3 Å². The van der Waals surface area contributed by atoms with Crippen LogP contribution in [-0.4, -0.2) is 12.0 Å². The van der Waals surface area contributed by atoms with E-state index in [1.54, 1.807) is 12.1 Å². The monoisotopic (exact) mass is 298 g/mol. The Labute approximate surface area is 131 Å². The van der Waals surface area contributed by atoms with Crippen LogP contribution >= 0.6 is 0 Å². The third kappa shape index (κ3) is 3.95. The summed E-state index contributed by atoms with van der Waals surface area (Å²) in [6.45, 7) is 9.84. The molecule has 2 rings (SSSR count). The molecule has 0 saturated heterocycles. The van der Waals surface area contributed by atoms with E-state index in [0.29, 0.717) is 0 Å². The lowest BCUT2D eigenvalue weighted by molar-refractivity contribution is -0.384. The maximum Gasteiger partial charge on any atom is 0.269 e. The normalized spacial score (nSPS) is 9.45. The number of hydrogen-bond acceptors (Lipinski definition) is 3. The van der Waals surface area contributed by atoms with Gasteiger partial charge in [-0.1, -0.05) is 32.6 Å². The molecule has 116 valence electrons. The Morgan fingerprint density at radius 1 is 1.09 bits per heavy atom. The Balaban J connectivity index is 0.00000116. The molecule has 0 aliphatic carbocycles. The molecule has 0 aliphatic heterocycles. The first-order valence-electron chi connectivity index (χ1n) is 7.24. The van der Waals surface area contributed by atoms with Gasteiger partial charge in [-0.25, -0.2) is 0 Å². The van der Waals surface area contributed by atoms with E-state index in [1.807, 2.05) is 57.0 Å². The maximum absolute atomic E-state index is 10.7. The van der Waals surface area contributed by atoms with Gasteiger partial charge in [0, 0.05) is 30.6 Å². The third-order valence-electron chi connectivity index (χ3n) is 3.32. The molecule has 0 fully saturated rings. The zero-order valence-electron chi connectivity index (χ0n) is 13.5. The summed E-state index contributed by atoms with van der Waals surface area (Å²) in [6.07, 6.45) is 1.82. The van der Waals surface area contributed by atoms with E-state index in [-0.39, 0.29) is 5.69 Å². The average Bonchev–Trinajstić information content (AvgIpc) is 2.56. The molecule has 0 amide bonds. The highest BCUT2D eigenvalue weighted by atomic mass is 16.6. The highest BCUT2D eigenvalue weighted by molar-refractivity contribution is 5.67. The number of nitro benzene ring substituents is 1. The van der Waals surface area contributed by atoms with Crippen molar-refractivity contribution in [3.8, 4) is 0 Å². The summed E-state index contributed by atoms with van der Waals surface area (Å²) in [5.41, 5.74) is 4.25. The van der Waals surface area contributed by atoms with Crippen LogP contribution in [0.5, 0.6) is 0 Å². The van der Waals surface area contributed by atoms with Gasteiger partial charge in [-0.2, -0.15) is 0 Å². The maximum atomic E-state index is 10.7. The van der Waals surface area contributed by atoms with Crippen molar-refractivity contribution in [1.82, 2.24) is 0 Å². The molecule has 0 heterocycles. The number of rotatable bonds is 4. The summed E-state index contributed by atoms with van der Waals surface area (Å²) in [4.78, 5) is 12.2. The molecule has 0 radical (unpaired) electrons. The van der Waals surface area contributed by atoms with E-state index >= 15 is 0 Å². The second kappa shape index (κ2) is 7.98. The van der Waals surface area contributed by atoms with E-state index in [9.17, 15) is 10.1 Å². The van der Waals surface area contributed by atoms with Crippen LogP contribution in [0.2, 0.25) is 0 Å². The highest BCUT2D eigenvalue weighted by Gasteiger charge is 2.08. The van der Waals surface area contributed by atoms with E-state index in [1.165, 1.54) is 17.7 Å². The molecule has 0 N–H and O–H groups in total. The molecule has 0 aromatic heterocycles. The lowest BCUT2D eigenvalue weighted by Gasteiger charge is -2.20. The van der Waals surface area contributed by atoms with Gasteiger partial charge in [0.1, 0.15) is 0 Å². The topological polar surface area (TPSA) is 46.4 Å². The van der Waals surface area contributed by atoms with Crippen LogP contribution in [0.15, 0.2) is 49.0 Å². The summed E-state index contributed by atoms with van der Waals surface area (Å²) in [5, 5.41) is 10.7. The van der Waals surface area contributed by atoms with Crippen molar-refractivity contribution in [2.45, 2.75) is 20.8 Å². The molecule has 0 saturated carbocycles. The van der Waals surface area contributed by atoms with E-state index in [2.05, 4.69) is 6.58 Å². The summed E-state index contributed by atoms with van der Waals surface area (Å²) >= 11 is 0. The Kier molecular flexibility index (Phi) is 6.32. The molecule has 0 atom stereocenters. The molecule has 4 nitrogen and oxygen atoms in total. The van der Waals surface area contributed by atoms with Gasteiger partial charge < -0.3 is 4.90 Å². The fourth-order valence-corrected chi connectivity index (χ4v) is 2.00. The van der Waals surface area contributed by atoms with Crippen molar-refractivity contribution in [2.24, 2.45) is 0 Å². The van der Waals surface area contributed by atoms with Crippen LogP contribution in [0.4, 0.5) is 17.1 Å². The third-order valence-corrected chi connectivity index (χ3v) is 3.32. The smallest absolute Gasteiger partial charge is 0.269 e. The zero-order valence-corrected chi connectivity index (χ0v) is 13.5. The minimum atomic E-state index is -0.397. The Hall–Kier alpha value is -2.62. The average molecular weight is 298 g/mol. The van der Waals surface area contributed by atoms with Crippen LogP contribution < -0.4 is 4.90 Å². The predicted molar refractivity (Wildman–Crippen MR) is 93.8 cm³/mol. The van der Waals surface area contributed by atoms with Gasteiger partial charge in [0.05, 0.1) is 4.92 Å². The lowest BCUT2D eigenvalue weighted by Crippen LogP contribution is -2.09. The summed E-state index contributed by atoms with van der Waals surface area (Å²) in [5.74, 6) is 0. The van der Waals surface area contributed by atoms with Crippen molar-refractivity contribution in [3.05, 3.63) is 70.3 Å². The number of aryl methyl sites for hydroxylation is 1. The van der Waals surface area contributed by atoms with Crippen LogP contribution in [0.3, 0.4) is 0 Å². The number of non-ortho nitro benzene ring substituents is 1. The highest BCUT2D eigenvalue weighted by Crippen LogP contribution is 2.27. The van der Waals surface area contributed by atoms with E-state index in [0.717, 1.165) is 16.9 Å². The van der Waals surface area contributed by atoms with E-state index in [4.69, 9.17) is 0 Å². The van der Waals surface area contributed by atoms with Crippen LogP contribution in [0.25, 0.3) is 6.08 Å². The van der Waals surface area contributed by atoms with Crippen LogP contribution in [-0.2, 0) is 0 Å². The van der Waals surface area contributed by atoms with Gasteiger partial charge in [0.25, 0.3) is 5.69 Å². The first kappa shape index (κ1) is 17.4. The number of nitro groups is 1. The first-order valence-corrected chi connectivity index (χ1v) is 7.24. The standard InChI is InChI=1S/C16H16N2O2.C2H6/c1-4-13-11-16(6-5-12(13)2)17(3)14-7-9-15(10-8-14)18(19)20;1-2/h4-11H,1H2,2-3H3;1-2H3. The van der Waals surface area contributed by atoms with Crippen molar-refractivity contribution in [1.29, 1.82) is 0 Å². The van der Waals surface area contributed by atoms with Gasteiger partial charge >= 0.3 is 0 Å². The van der Waals surface area contributed by atoms with Crippen molar-refractivity contribution < 1.29 is 4.92 Å². The Morgan fingerprint density at radius 3 is 2.14 bits per heavy atom. The molecule has 2 aromatic carbocycles. The lowest BCUT2D eigenvalue weighted by atomic mass is 10.1. The minimum absolute atomic E-state index is 0.0952. The zero-order chi connectivity index (χ0) is 16.7. The molecule has 22 heavy (non-hydrogen) atoms. The number of anilines is 2.